The molecular weight excluding hydrogens is 254 g/mol. The third kappa shape index (κ3) is 3.85. The van der Waals surface area contributed by atoms with Crippen molar-refractivity contribution in [3.05, 3.63) is 59.9 Å². The summed E-state index contributed by atoms with van der Waals surface area (Å²) in [5.74, 6) is 2.47. The van der Waals surface area contributed by atoms with Gasteiger partial charge in [0.1, 0.15) is 12.4 Å². The van der Waals surface area contributed by atoms with Gasteiger partial charge in [0.05, 0.1) is 5.56 Å². The molecule has 0 amide bonds. The Morgan fingerprint density at radius 3 is 2.70 bits per heavy atom. The van der Waals surface area contributed by atoms with Crippen LogP contribution in [0.4, 0.5) is 0 Å². The van der Waals surface area contributed by atoms with Crippen LogP contribution >= 0.6 is 0 Å². The van der Waals surface area contributed by atoms with Crippen LogP contribution in [0.25, 0.3) is 0 Å². The first-order chi connectivity index (χ1) is 9.79. The largest absolute Gasteiger partial charge is 0.489 e. The van der Waals surface area contributed by atoms with Crippen molar-refractivity contribution in [1.29, 1.82) is 0 Å². The Kier molecular flexibility index (Phi) is 4.74. The third-order valence-corrected chi connectivity index (χ3v) is 2.50. The van der Waals surface area contributed by atoms with Crippen LogP contribution in [0.2, 0.25) is 0 Å². The molecule has 0 aliphatic rings. The normalized spacial score (nSPS) is 9.55. The number of carbonyl (C=O) groups is 1. The number of terminal acetylenes is 1. The first-order valence-electron chi connectivity index (χ1n) is 6.02. The highest BCUT2D eigenvalue weighted by Gasteiger charge is 2.06. The Morgan fingerprint density at radius 2 is 2.05 bits per heavy atom. The number of nitrogens with zero attached hydrogens (tertiary/aromatic N) is 1. The highest BCUT2D eigenvalue weighted by Crippen LogP contribution is 2.14. The van der Waals surface area contributed by atoms with E-state index >= 15 is 0 Å². The van der Waals surface area contributed by atoms with E-state index in [0.29, 0.717) is 17.9 Å². The van der Waals surface area contributed by atoms with Crippen molar-refractivity contribution in [1.82, 2.24) is 4.98 Å². The fourth-order valence-corrected chi connectivity index (χ4v) is 1.53. The van der Waals surface area contributed by atoms with E-state index in [9.17, 15) is 4.79 Å². The zero-order valence-corrected chi connectivity index (χ0v) is 10.8. The first kappa shape index (κ1) is 13.6. The molecule has 0 N–H and O–H groups in total. The zero-order chi connectivity index (χ0) is 14.2. The van der Waals surface area contributed by atoms with Gasteiger partial charge in [0.25, 0.3) is 0 Å². The standard InChI is InChI=1S/C16H13NO3/c1-2-10-19-16(18)14-5-7-15(8-6-14)20-12-13-4-3-9-17-11-13/h1,3-9,11H,10,12H2. The Labute approximate surface area is 117 Å². The van der Waals surface area contributed by atoms with Gasteiger partial charge < -0.3 is 9.47 Å². The van der Waals surface area contributed by atoms with Gasteiger partial charge in [-0.3, -0.25) is 4.98 Å². The lowest BCUT2D eigenvalue weighted by Crippen LogP contribution is -2.05. The average Bonchev–Trinajstić information content (AvgIpc) is 2.52. The molecule has 20 heavy (non-hydrogen) atoms. The fraction of sp³-hybridized carbons (Fsp3) is 0.125. The van der Waals surface area contributed by atoms with Crippen LogP contribution in [0.3, 0.4) is 0 Å². The SMILES string of the molecule is C#CCOC(=O)c1ccc(OCc2cccnc2)cc1. The van der Waals surface area contributed by atoms with Crippen LogP contribution in [0.5, 0.6) is 5.75 Å². The number of hydrogen-bond donors (Lipinski definition) is 0. The molecule has 1 aromatic heterocycles. The molecule has 0 bridgehead atoms. The second kappa shape index (κ2) is 6.95. The van der Waals surface area contributed by atoms with Crippen molar-refractivity contribution < 1.29 is 14.3 Å². The van der Waals surface area contributed by atoms with E-state index < -0.39 is 5.97 Å². The van der Waals surface area contributed by atoms with Gasteiger partial charge in [0.2, 0.25) is 0 Å². The number of ether oxygens (including phenoxy) is 2. The number of pyridine rings is 1. The van der Waals surface area contributed by atoms with E-state index in [2.05, 4.69) is 10.9 Å². The van der Waals surface area contributed by atoms with Gasteiger partial charge in [-0.25, -0.2) is 4.79 Å². The van der Waals surface area contributed by atoms with Gasteiger partial charge in [0.15, 0.2) is 6.61 Å². The second-order valence-electron chi connectivity index (χ2n) is 3.95. The lowest BCUT2D eigenvalue weighted by molar-refractivity contribution is 0.0556. The van der Waals surface area contributed by atoms with Crippen LogP contribution in [-0.2, 0) is 11.3 Å². The molecule has 2 aromatic rings. The average molecular weight is 267 g/mol. The summed E-state index contributed by atoms with van der Waals surface area (Å²) < 4.78 is 10.4. The number of esters is 1. The van der Waals surface area contributed by atoms with Crippen LogP contribution in [0.15, 0.2) is 48.8 Å². The number of carbonyl (C=O) groups excluding carboxylic acids is 1. The molecule has 0 unspecified atom stereocenters. The Bertz CT molecular complexity index is 600. The molecule has 4 heteroatoms. The van der Waals surface area contributed by atoms with Gasteiger partial charge in [-0.1, -0.05) is 12.0 Å². The highest BCUT2D eigenvalue weighted by atomic mass is 16.5. The summed E-state index contributed by atoms with van der Waals surface area (Å²) in [6.07, 6.45) is 8.47. The molecule has 1 heterocycles. The van der Waals surface area contributed by atoms with E-state index in [4.69, 9.17) is 15.9 Å². The van der Waals surface area contributed by atoms with Crippen molar-refractivity contribution in [3.63, 3.8) is 0 Å². The van der Waals surface area contributed by atoms with Crippen LogP contribution in [-0.4, -0.2) is 17.6 Å². The molecule has 0 saturated heterocycles. The Hall–Kier alpha value is -2.80. The summed E-state index contributed by atoms with van der Waals surface area (Å²) in [6, 6.07) is 10.5. The minimum Gasteiger partial charge on any atom is -0.489 e. The molecule has 1 aromatic carbocycles. The van der Waals surface area contributed by atoms with E-state index in [1.54, 1.807) is 36.7 Å². The van der Waals surface area contributed by atoms with E-state index in [0.717, 1.165) is 5.56 Å². The predicted octanol–water partition coefficient (Wildman–Crippen LogP) is 2.45. The van der Waals surface area contributed by atoms with E-state index in [1.165, 1.54) is 0 Å². The molecule has 0 aliphatic heterocycles. The molecule has 0 saturated carbocycles. The molecule has 0 spiro atoms. The van der Waals surface area contributed by atoms with Crippen molar-refractivity contribution in [2.75, 3.05) is 6.61 Å². The van der Waals surface area contributed by atoms with Gasteiger partial charge in [-0.15, -0.1) is 6.42 Å². The van der Waals surface area contributed by atoms with Gasteiger partial charge in [0, 0.05) is 18.0 Å². The van der Waals surface area contributed by atoms with Gasteiger partial charge >= 0.3 is 5.97 Å². The second-order valence-corrected chi connectivity index (χ2v) is 3.95. The minimum absolute atomic E-state index is 0.0297. The molecule has 100 valence electrons. The molecule has 4 nitrogen and oxygen atoms in total. The molecule has 2 rings (SSSR count). The lowest BCUT2D eigenvalue weighted by Gasteiger charge is -2.06. The number of hydrogen-bond acceptors (Lipinski definition) is 4. The predicted molar refractivity (Wildman–Crippen MR) is 74.1 cm³/mol. The third-order valence-electron chi connectivity index (χ3n) is 2.50. The molecule has 0 atom stereocenters. The Morgan fingerprint density at radius 1 is 1.25 bits per heavy atom. The summed E-state index contributed by atoms with van der Waals surface area (Å²) in [7, 11) is 0. The summed E-state index contributed by atoms with van der Waals surface area (Å²) in [5, 5.41) is 0. The number of rotatable bonds is 5. The maximum absolute atomic E-state index is 11.5. The van der Waals surface area contributed by atoms with Crippen LogP contribution in [0, 0.1) is 12.3 Å². The summed E-state index contributed by atoms with van der Waals surface area (Å²) >= 11 is 0. The summed E-state index contributed by atoms with van der Waals surface area (Å²) in [4.78, 5) is 15.5. The minimum atomic E-state index is -0.443. The zero-order valence-electron chi connectivity index (χ0n) is 10.8. The summed E-state index contributed by atoms with van der Waals surface area (Å²) in [5.41, 5.74) is 1.42. The summed E-state index contributed by atoms with van der Waals surface area (Å²) in [6.45, 7) is 0.396. The first-order valence-corrected chi connectivity index (χ1v) is 6.02. The van der Waals surface area contributed by atoms with E-state index in [1.807, 2.05) is 12.1 Å². The van der Waals surface area contributed by atoms with Gasteiger partial charge in [-0.2, -0.15) is 0 Å². The number of aromatic nitrogens is 1. The van der Waals surface area contributed by atoms with E-state index in [-0.39, 0.29) is 6.61 Å². The molecular formula is C16H13NO3. The molecule has 0 aliphatic carbocycles. The Balaban J connectivity index is 1.92. The smallest absolute Gasteiger partial charge is 0.339 e. The van der Waals surface area contributed by atoms with Crippen molar-refractivity contribution in [3.8, 4) is 18.1 Å². The lowest BCUT2D eigenvalue weighted by atomic mass is 10.2. The van der Waals surface area contributed by atoms with Crippen molar-refractivity contribution >= 4 is 5.97 Å². The molecule has 0 radical (unpaired) electrons. The number of benzene rings is 1. The topological polar surface area (TPSA) is 48.4 Å². The fourth-order valence-electron chi connectivity index (χ4n) is 1.53. The van der Waals surface area contributed by atoms with Crippen LogP contribution in [0.1, 0.15) is 15.9 Å². The van der Waals surface area contributed by atoms with Gasteiger partial charge in [-0.05, 0) is 30.3 Å². The van der Waals surface area contributed by atoms with Crippen molar-refractivity contribution in [2.24, 2.45) is 0 Å². The van der Waals surface area contributed by atoms with Crippen LogP contribution < -0.4 is 4.74 Å². The van der Waals surface area contributed by atoms with Crippen molar-refractivity contribution in [2.45, 2.75) is 6.61 Å². The maximum Gasteiger partial charge on any atom is 0.339 e. The highest BCUT2D eigenvalue weighted by molar-refractivity contribution is 5.89. The molecule has 0 fully saturated rings. The quantitative estimate of drug-likeness (QED) is 0.616. The maximum atomic E-state index is 11.5. The monoisotopic (exact) mass is 267 g/mol.